The zero-order valence-corrected chi connectivity index (χ0v) is 18.6. The normalized spacial score (nSPS) is 18.9. The minimum atomic E-state index is -1.03. The fraction of sp³-hybridized carbons (Fsp3) is 0.538. The Balaban J connectivity index is 1.69. The van der Waals surface area contributed by atoms with Crippen LogP contribution in [0.15, 0.2) is 30.3 Å². The van der Waals surface area contributed by atoms with E-state index in [4.69, 9.17) is 9.47 Å². The maximum atomic E-state index is 14.8. The lowest BCUT2D eigenvalue weighted by atomic mass is 9.90. The van der Waals surface area contributed by atoms with Gasteiger partial charge in [0.1, 0.15) is 5.82 Å². The average molecular weight is 435 g/mol. The zero-order chi connectivity index (χ0) is 22.2. The van der Waals surface area contributed by atoms with Crippen LogP contribution in [0, 0.1) is 23.4 Å². The molecule has 1 saturated heterocycles. The first-order valence-electron chi connectivity index (χ1n) is 11.6. The van der Waals surface area contributed by atoms with E-state index in [-0.39, 0.29) is 17.4 Å². The average Bonchev–Trinajstić information content (AvgIpc) is 2.78. The quantitative estimate of drug-likeness (QED) is 0.353. The van der Waals surface area contributed by atoms with E-state index >= 15 is 0 Å². The van der Waals surface area contributed by atoms with Gasteiger partial charge in [0.05, 0.1) is 19.3 Å². The van der Waals surface area contributed by atoms with Crippen molar-refractivity contribution in [3.63, 3.8) is 0 Å². The summed E-state index contributed by atoms with van der Waals surface area (Å²) in [6.45, 7) is 5.22. The monoisotopic (exact) mass is 434 g/mol. The first-order valence-corrected chi connectivity index (χ1v) is 11.6. The van der Waals surface area contributed by atoms with Gasteiger partial charge in [-0.05, 0) is 55.4 Å². The molecule has 0 radical (unpaired) electrons. The van der Waals surface area contributed by atoms with E-state index in [1.807, 2.05) is 0 Å². The van der Waals surface area contributed by atoms with Gasteiger partial charge in [-0.15, -0.1) is 0 Å². The van der Waals surface area contributed by atoms with Crippen molar-refractivity contribution in [3.8, 4) is 16.9 Å². The number of unbranched alkanes of at least 4 members (excludes halogenated alkanes) is 3. The standard InChI is InChI=1S/C26H33F3O2/c1-3-5-7-15-30-24-14-12-20(25(28)26(24)29)19-10-11-21(22(27)16-19)23-13-9-18(17-31-23)8-6-4-2/h10-12,14,16,18,23H,3-9,13,15,17H2,1-2H3. The second kappa shape index (κ2) is 11.6. The molecule has 0 bridgehead atoms. The second-order valence-electron chi connectivity index (χ2n) is 8.44. The van der Waals surface area contributed by atoms with Crippen molar-refractivity contribution in [3.05, 3.63) is 53.3 Å². The molecular formula is C26H33F3O2. The maximum absolute atomic E-state index is 14.8. The van der Waals surface area contributed by atoms with Gasteiger partial charge < -0.3 is 9.47 Å². The van der Waals surface area contributed by atoms with E-state index in [0.29, 0.717) is 30.3 Å². The molecule has 2 aromatic rings. The summed E-state index contributed by atoms with van der Waals surface area (Å²) in [6.07, 6.45) is 7.79. The first-order chi connectivity index (χ1) is 15.0. The minimum Gasteiger partial charge on any atom is -0.490 e. The molecule has 0 aromatic heterocycles. The smallest absolute Gasteiger partial charge is 0.201 e. The van der Waals surface area contributed by atoms with E-state index < -0.39 is 17.5 Å². The van der Waals surface area contributed by atoms with Gasteiger partial charge in [0.15, 0.2) is 11.6 Å². The lowest BCUT2D eigenvalue weighted by Gasteiger charge is -2.29. The van der Waals surface area contributed by atoms with Crippen LogP contribution in [0.4, 0.5) is 13.2 Å². The molecule has 0 saturated carbocycles. The molecule has 0 aliphatic carbocycles. The first kappa shape index (κ1) is 23.6. The molecule has 0 amide bonds. The minimum absolute atomic E-state index is 0.0213. The Kier molecular flexibility index (Phi) is 8.82. The zero-order valence-electron chi connectivity index (χ0n) is 18.6. The number of hydrogen-bond acceptors (Lipinski definition) is 2. The highest BCUT2D eigenvalue weighted by Crippen LogP contribution is 2.36. The van der Waals surface area contributed by atoms with E-state index in [0.717, 1.165) is 38.5 Å². The summed E-state index contributed by atoms with van der Waals surface area (Å²) in [5.41, 5.74) is 0.800. The summed E-state index contributed by atoms with van der Waals surface area (Å²) in [5.74, 6) is -2.07. The van der Waals surface area contributed by atoms with Crippen LogP contribution in [0.3, 0.4) is 0 Å². The number of rotatable bonds is 10. The molecule has 1 aliphatic heterocycles. The van der Waals surface area contributed by atoms with Crippen LogP contribution in [0.25, 0.3) is 11.1 Å². The van der Waals surface area contributed by atoms with Crippen molar-refractivity contribution in [2.45, 2.75) is 71.3 Å². The molecular weight excluding hydrogens is 401 g/mol. The van der Waals surface area contributed by atoms with Gasteiger partial charge in [0, 0.05) is 11.1 Å². The molecule has 2 aromatic carbocycles. The van der Waals surface area contributed by atoms with E-state index in [2.05, 4.69) is 13.8 Å². The Bertz CT molecular complexity index is 845. The SMILES string of the molecule is CCCCCOc1ccc(-c2ccc(C3CCC(CCCC)CO3)c(F)c2)c(F)c1F. The highest BCUT2D eigenvalue weighted by molar-refractivity contribution is 5.66. The predicted octanol–water partition coefficient (Wildman–Crippen LogP) is 8.00. The fourth-order valence-electron chi connectivity index (χ4n) is 4.13. The second-order valence-corrected chi connectivity index (χ2v) is 8.44. The summed E-state index contributed by atoms with van der Waals surface area (Å²) in [4.78, 5) is 0. The summed E-state index contributed by atoms with van der Waals surface area (Å²) < 4.78 is 55.2. The van der Waals surface area contributed by atoms with Crippen LogP contribution in [-0.4, -0.2) is 13.2 Å². The van der Waals surface area contributed by atoms with Crippen molar-refractivity contribution >= 4 is 0 Å². The highest BCUT2D eigenvalue weighted by atomic mass is 19.2. The topological polar surface area (TPSA) is 18.5 Å². The van der Waals surface area contributed by atoms with Crippen molar-refractivity contribution < 1.29 is 22.6 Å². The Morgan fingerprint density at radius 2 is 1.74 bits per heavy atom. The van der Waals surface area contributed by atoms with Gasteiger partial charge in [-0.2, -0.15) is 4.39 Å². The lowest BCUT2D eigenvalue weighted by Crippen LogP contribution is -2.21. The molecule has 3 rings (SSSR count). The third-order valence-corrected chi connectivity index (χ3v) is 6.05. The van der Waals surface area contributed by atoms with Crippen LogP contribution in [-0.2, 0) is 4.74 Å². The van der Waals surface area contributed by atoms with Gasteiger partial charge in [-0.25, -0.2) is 8.78 Å². The Morgan fingerprint density at radius 1 is 0.935 bits per heavy atom. The van der Waals surface area contributed by atoms with E-state index in [9.17, 15) is 13.2 Å². The number of benzene rings is 2. The van der Waals surface area contributed by atoms with Gasteiger partial charge in [0.2, 0.25) is 5.82 Å². The van der Waals surface area contributed by atoms with E-state index in [1.54, 1.807) is 12.1 Å². The Labute approximate surface area is 183 Å². The molecule has 5 heteroatoms. The number of ether oxygens (including phenoxy) is 2. The maximum Gasteiger partial charge on any atom is 0.201 e. The van der Waals surface area contributed by atoms with Crippen molar-refractivity contribution in [2.24, 2.45) is 5.92 Å². The molecule has 0 spiro atoms. The van der Waals surface area contributed by atoms with Crippen molar-refractivity contribution in [1.29, 1.82) is 0 Å². The van der Waals surface area contributed by atoms with Crippen LogP contribution >= 0.6 is 0 Å². The Morgan fingerprint density at radius 3 is 2.42 bits per heavy atom. The third kappa shape index (κ3) is 6.03. The predicted molar refractivity (Wildman–Crippen MR) is 118 cm³/mol. The van der Waals surface area contributed by atoms with Crippen LogP contribution in [0.1, 0.15) is 76.9 Å². The molecule has 1 aliphatic rings. The number of hydrogen-bond donors (Lipinski definition) is 0. The van der Waals surface area contributed by atoms with Crippen molar-refractivity contribution in [1.82, 2.24) is 0 Å². The molecule has 2 atom stereocenters. The molecule has 2 nitrogen and oxygen atoms in total. The van der Waals surface area contributed by atoms with E-state index in [1.165, 1.54) is 31.0 Å². The molecule has 170 valence electrons. The third-order valence-electron chi connectivity index (χ3n) is 6.05. The summed E-state index contributed by atoms with van der Waals surface area (Å²) >= 11 is 0. The van der Waals surface area contributed by atoms with Crippen LogP contribution in [0.2, 0.25) is 0 Å². The lowest BCUT2D eigenvalue weighted by molar-refractivity contribution is -0.0214. The summed E-state index contributed by atoms with van der Waals surface area (Å²) in [6, 6.07) is 7.38. The molecule has 1 heterocycles. The van der Waals surface area contributed by atoms with Gasteiger partial charge in [0.25, 0.3) is 0 Å². The van der Waals surface area contributed by atoms with Crippen LogP contribution < -0.4 is 4.74 Å². The molecule has 2 unspecified atom stereocenters. The van der Waals surface area contributed by atoms with Crippen LogP contribution in [0.5, 0.6) is 5.75 Å². The molecule has 0 N–H and O–H groups in total. The Hall–Kier alpha value is -2.01. The number of halogens is 3. The van der Waals surface area contributed by atoms with Crippen molar-refractivity contribution in [2.75, 3.05) is 13.2 Å². The highest BCUT2D eigenvalue weighted by Gasteiger charge is 2.25. The fourth-order valence-corrected chi connectivity index (χ4v) is 4.13. The molecule has 31 heavy (non-hydrogen) atoms. The summed E-state index contributed by atoms with van der Waals surface area (Å²) in [5, 5.41) is 0. The van der Waals surface area contributed by atoms with Gasteiger partial charge in [-0.3, -0.25) is 0 Å². The van der Waals surface area contributed by atoms with Gasteiger partial charge >= 0.3 is 0 Å². The molecule has 1 fully saturated rings. The van der Waals surface area contributed by atoms with Gasteiger partial charge in [-0.1, -0.05) is 51.7 Å². The largest absolute Gasteiger partial charge is 0.490 e. The summed E-state index contributed by atoms with van der Waals surface area (Å²) in [7, 11) is 0.